The van der Waals surface area contributed by atoms with Crippen LogP contribution >= 0.6 is 11.3 Å². The maximum atomic E-state index is 12.4. The molecule has 0 atom stereocenters. The lowest BCUT2D eigenvalue weighted by Crippen LogP contribution is -2.49. The Morgan fingerprint density at radius 3 is 2.31 bits per heavy atom. The fourth-order valence-electron chi connectivity index (χ4n) is 1.70. The van der Waals surface area contributed by atoms with Crippen molar-refractivity contribution in [2.45, 2.75) is 13.1 Å². The van der Waals surface area contributed by atoms with E-state index < -0.39 is 8.07 Å². The molecule has 1 aromatic heterocycles. The minimum atomic E-state index is -2.02. The van der Waals surface area contributed by atoms with Crippen LogP contribution in [-0.4, -0.2) is 13.5 Å². The Morgan fingerprint density at radius 2 is 1.75 bits per heavy atom. The van der Waals surface area contributed by atoms with Crippen LogP contribution in [0, 0.1) is 0 Å². The molecule has 0 aliphatic rings. The molecule has 0 unspecified atom stereocenters. The van der Waals surface area contributed by atoms with Crippen molar-refractivity contribution < 1.29 is 4.79 Å². The third kappa shape index (κ3) is 2.01. The summed E-state index contributed by atoms with van der Waals surface area (Å²) >= 11 is 1.54. The molecule has 1 nitrogen and oxygen atoms in total. The summed E-state index contributed by atoms with van der Waals surface area (Å²) in [6.07, 6.45) is 0. The Hall–Kier alpha value is -1.19. The summed E-state index contributed by atoms with van der Waals surface area (Å²) in [4.78, 5) is 13.3. The standard InChI is InChI=1S/C13H14OSSi/c1-16(2,11-7-4-3-5-8-11)13(14)12-9-6-10-15-12/h3-10H,1-2H3. The lowest BCUT2D eigenvalue weighted by molar-refractivity contribution is 0.107. The normalized spacial score (nSPS) is 11.4. The van der Waals surface area contributed by atoms with Gasteiger partial charge in [0.25, 0.3) is 0 Å². The lowest BCUT2D eigenvalue weighted by atomic mass is 10.4. The molecule has 0 amide bonds. The van der Waals surface area contributed by atoms with Crippen molar-refractivity contribution in [3.05, 3.63) is 52.7 Å². The van der Waals surface area contributed by atoms with Gasteiger partial charge >= 0.3 is 0 Å². The molecule has 0 saturated heterocycles. The number of hydrogen-bond acceptors (Lipinski definition) is 2. The summed E-state index contributed by atoms with van der Waals surface area (Å²) in [5.74, 6) is 0. The van der Waals surface area contributed by atoms with Gasteiger partial charge in [0, 0.05) is 0 Å². The molecular formula is C13H14OSSi. The van der Waals surface area contributed by atoms with Crippen molar-refractivity contribution in [2.75, 3.05) is 0 Å². The van der Waals surface area contributed by atoms with Crippen LogP contribution in [0.4, 0.5) is 0 Å². The fourth-order valence-corrected chi connectivity index (χ4v) is 5.20. The highest BCUT2D eigenvalue weighted by Crippen LogP contribution is 2.17. The van der Waals surface area contributed by atoms with Crippen molar-refractivity contribution in [2.24, 2.45) is 0 Å². The maximum absolute atomic E-state index is 12.4. The first-order valence-corrected chi connectivity index (χ1v) is 9.14. The fraction of sp³-hybridized carbons (Fsp3) is 0.154. The number of benzene rings is 1. The van der Waals surface area contributed by atoms with Crippen molar-refractivity contribution in [3.8, 4) is 0 Å². The van der Waals surface area contributed by atoms with Crippen molar-refractivity contribution in [3.63, 3.8) is 0 Å². The Bertz CT molecular complexity index is 474. The highest BCUT2D eigenvalue weighted by molar-refractivity contribution is 7.22. The van der Waals surface area contributed by atoms with Gasteiger partial charge in [-0.25, -0.2) is 0 Å². The van der Waals surface area contributed by atoms with Crippen molar-refractivity contribution >= 4 is 30.0 Å². The molecule has 0 saturated carbocycles. The van der Waals surface area contributed by atoms with E-state index in [0.29, 0.717) is 5.41 Å². The summed E-state index contributed by atoms with van der Waals surface area (Å²) in [6.45, 7) is 4.23. The number of carbonyl (C=O) groups is 1. The maximum Gasteiger partial charge on any atom is 0.164 e. The predicted octanol–water partition coefficient (Wildman–Crippen LogP) is 3.09. The van der Waals surface area contributed by atoms with E-state index in [4.69, 9.17) is 0 Å². The largest absolute Gasteiger partial charge is 0.299 e. The van der Waals surface area contributed by atoms with Gasteiger partial charge in [-0.2, -0.15) is 0 Å². The lowest BCUT2D eigenvalue weighted by Gasteiger charge is -2.20. The SMILES string of the molecule is C[Si](C)(C(=O)c1cccs1)c1ccccc1. The number of rotatable bonds is 3. The second kappa shape index (κ2) is 4.35. The molecule has 0 aliphatic carbocycles. The Morgan fingerprint density at radius 1 is 1.06 bits per heavy atom. The first kappa shape index (κ1) is 11.3. The number of carbonyl (C=O) groups excluding carboxylic acids is 1. The average molecular weight is 246 g/mol. The minimum Gasteiger partial charge on any atom is -0.299 e. The molecule has 0 fully saturated rings. The zero-order valence-corrected chi connectivity index (χ0v) is 11.3. The molecule has 0 aliphatic heterocycles. The molecule has 16 heavy (non-hydrogen) atoms. The Labute approximate surface area is 101 Å². The van der Waals surface area contributed by atoms with Gasteiger partial charge in [0.15, 0.2) is 13.5 Å². The van der Waals surface area contributed by atoms with Gasteiger partial charge in [-0.3, -0.25) is 4.79 Å². The van der Waals surface area contributed by atoms with Crippen LogP contribution < -0.4 is 5.19 Å². The molecule has 2 rings (SSSR count). The average Bonchev–Trinajstić information content (AvgIpc) is 2.82. The monoisotopic (exact) mass is 246 g/mol. The summed E-state index contributed by atoms with van der Waals surface area (Å²) in [5.41, 5.74) is 0. The molecule has 1 aromatic carbocycles. The van der Waals surface area contributed by atoms with Crippen LogP contribution in [0.3, 0.4) is 0 Å². The van der Waals surface area contributed by atoms with E-state index in [1.165, 1.54) is 16.5 Å². The van der Waals surface area contributed by atoms with Gasteiger partial charge < -0.3 is 0 Å². The van der Waals surface area contributed by atoms with Gasteiger partial charge in [0.2, 0.25) is 0 Å². The highest BCUT2D eigenvalue weighted by Gasteiger charge is 2.33. The summed E-state index contributed by atoms with van der Waals surface area (Å²) in [7, 11) is -2.02. The number of thiophene rings is 1. The molecule has 0 radical (unpaired) electrons. The molecule has 0 bridgehead atoms. The third-order valence-corrected chi connectivity index (χ3v) is 7.04. The van der Waals surface area contributed by atoms with Crippen LogP contribution in [-0.2, 0) is 0 Å². The van der Waals surface area contributed by atoms with Gasteiger partial charge in [0.05, 0.1) is 4.88 Å². The Balaban J connectivity index is 2.36. The smallest absolute Gasteiger partial charge is 0.164 e. The zero-order chi connectivity index (χ0) is 11.6. The van der Waals surface area contributed by atoms with Crippen LogP contribution in [0.15, 0.2) is 47.8 Å². The molecule has 1 heterocycles. The second-order valence-corrected chi connectivity index (χ2v) is 9.53. The first-order chi connectivity index (χ1) is 7.62. The quantitative estimate of drug-likeness (QED) is 0.761. The van der Waals surface area contributed by atoms with E-state index in [1.54, 1.807) is 0 Å². The topological polar surface area (TPSA) is 17.1 Å². The molecule has 3 heteroatoms. The van der Waals surface area contributed by atoms with E-state index in [1.807, 2.05) is 35.7 Å². The van der Waals surface area contributed by atoms with Crippen LogP contribution in [0.25, 0.3) is 0 Å². The first-order valence-electron chi connectivity index (χ1n) is 5.26. The van der Waals surface area contributed by atoms with Crippen molar-refractivity contribution in [1.82, 2.24) is 0 Å². The summed E-state index contributed by atoms with van der Waals surface area (Å²) < 4.78 is 0. The van der Waals surface area contributed by atoms with E-state index in [9.17, 15) is 4.79 Å². The second-order valence-electron chi connectivity index (χ2n) is 4.30. The van der Waals surface area contributed by atoms with Crippen LogP contribution in [0.5, 0.6) is 0 Å². The summed E-state index contributed by atoms with van der Waals surface area (Å²) in [5, 5.41) is 3.49. The van der Waals surface area contributed by atoms with Crippen LogP contribution in [0.1, 0.15) is 9.67 Å². The minimum absolute atomic E-state index is 0.328. The molecule has 0 spiro atoms. The van der Waals surface area contributed by atoms with Crippen LogP contribution in [0.2, 0.25) is 13.1 Å². The van der Waals surface area contributed by atoms with E-state index >= 15 is 0 Å². The number of hydrogen-bond donors (Lipinski definition) is 0. The van der Waals surface area contributed by atoms with Gasteiger partial charge in [-0.15, -0.1) is 11.3 Å². The molecule has 0 N–H and O–H groups in total. The van der Waals surface area contributed by atoms with E-state index in [-0.39, 0.29) is 0 Å². The zero-order valence-electron chi connectivity index (χ0n) is 9.44. The van der Waals surface area contributed by atoms with Crippen molar-refractivity contribution in [1.29, 1.82) is 0 Å². The van der Waals surface area contributed by atoms with Gasteiger partial charge in [0.1, 0.15) is 0 Å². The third-order valence-electron chi connectivity index (χ3n) is 2.81. The van der Waals surface area contributed by atoms with E-state index in [0.717, 1.165) is 4.88 Å². The highest BCUT2D eigenvalue weighted by atomic mass is 32.1. The Kier molecular flexibility index (Phi) is 3.07. The molecular weight excluding hydrogens is 232 g/mol. The molecule has 2 aromatic rings. The van der Waals surface area contributed by atoms with E-state index in [2.05, 4.69) is 25.2 Å². The summed E-state index contributed by atoms with van der Waals surface area (Å²) in [6, 6.07) is 14.0. The molecule has 82 valence electrons. The van der Waals surface area contributed by atoms with Gasteiger partial charge in [-0.05, 0) is 11.4 Å². The van der Waals surface area contributed by atoms with Gasteiger partial charge in [-0.1, -0.05) is 54.7 Å². The predicted molar refractivity (Wildman–Crippen MR) is 72.2 cm³/mol.